The van der Waals surface area contributed by atoms with Gasteiger partial charge in [0.25, 0.3) is 0 Å². The Bertz CT molecular complexity index is 523. The van der Waals surface area contributed by atoms with Crippen molar-refractivity contribution in [3.8, 4) is 5.88 Å². The van der Waals surface area contributed by atoms with E-state index >= 15 is 0 Å². The van der Waals surface area contributed by atoms with Crippen molar-refractivity contribution in [2.75, 3.05) is 12.9 Å². The molecule has 0 amide bonds. The third kappa shape index (κ3) is 2.39. The third-order valence-corrected chi connectivity index (χ3v) is 4.24. The first-order chi connectivity index (χ1) is 7.93. The number of nitrogens with zero attached hydrogens (tertiary/aromatic N) is 2. The maximum absolute atomic E-state index is 11.6. The van der Waals surface area contributed by atoms with Crippen LogP contribution in [0.15, 0.2) is 0 Å². The minimum atomic E-state index is -3.05. The molecule has 94 valence electrons. The lowest BCUT2D eigenvalue weighted by atomic mass is 10.2. The second-order valence-electron chi connectivity index (χ2n) is 4.15. The van der Waals surface area contributed by atoms with Gasteiger partial charge >= 0.3 is 0 Å². The van der Waals surface area contributed by atoms with Crippen molar-refractivity contribution < 1.29 is 13.2 Å². The number of methoxy groups -OCH3 is 1. The molecular formula is C10H15N3O3S. The van der Waals surface area contributed by atoms with E-state index in [-0.39, 0.29) is 17.5 Å². The Kier molecular flexibility index (Phi) is 3.05. The van der Waals surface area contributed by atoms with Crippen molar-refractivity contribution in [2.24, 2.45) is 5.73 Å². The van der Waals surface area contributed by atoms with Crippen LogP contribution in [-0.4, -0.2) is 31.2 Å². The first kappa shape index (κ1) is 12.3. The summed E-state index contributed by atoms with van der Waals surface area (Å²) in [7, 11) is -1.59. The summed E-state index contributed by atoms with van der Waals surface area (Å²) in [6.07, 6.45) is 0.399. The molecule has 0 fully saturated rings. The number of fused-ring (bicyclic) bond motifs is 1. The molecule has 7 heteroatoms. The van der Waals surface area contributed by atoms with Gasteiger partial charge in [-0.05, 0) is 6.92 Å². The number of rotatable bonds is 2. The minimum Gasteiger partial charge on any atom is -0.481 e. The molecule has 1 atom stereocenters. The van der Waals surface area contributed by atoms with Gasteiger partial charge in [0.2, 0.25) is 5.88 Å². The van der Waals surface area contributed by atoms with Crippen molar-refractivity contribution in [1.29, 1.82) is 0 Å². The van der Waals surface area contributed by atoms with Crippen LogP contribution in [0.3, 0.4) is 0 Å². The maximum Gasteiger partial charge on any atom is 0.220 e. The topological polar surface area (TPSA) is 95.2 Å². The van der Waals surface area contributed by atoms with E-state index in [1.807, 2.05) is 0 Å². The summed E-state index contributed by atoms with van der Waals surface area (Å²) in [6.45, 7) is 1.78. The van der Waals surface area contributed by atoms with Crippen LogP contribution in [0.4, 0.5) is 0 Å². The smallest absolute Gasteiger partial charge is 0.220 e. The third-order valence-electron chi connectivity index (χ3n) is 2.69. The van der Waals surface area contributed by atoms with Crippen molar-refractivity contribution >= 4 is 9.84 Å². The number of hydrogen-bond acceptors (Lipinski definition) is 6. The summed E-state index contributed by atoms with van der Waals surface area (Å²) in [5, 5.41) is 0. The van der Waals surface area contributed by atoms with Crippen molar-refractivity contribution in [3.63, 3.8) is 0 Å². The Morgan fingerprint density at radius 3 is 2.71 bits per heavy atom. The molecule has 0 aromatic carbocycles. The highest BCUT2D eigenvalue weighted by Gasteiger charge is 2.27. The average Bonchev–Trinajstić information content (AvgIpc) is 2.26. The Labute approximate surface area is 100 Å². The fourth-order valence-corrected chi connectivity index (χ4v) is 3.17. The number of nitrogens with two attached hydrogens (primary N) is 1. The highest BCUT2D eigenvalue weighted by atomic mass is 32.2. The van der Waals surface area contributed by atoms with Crippen molar-refractivity contribution in [3.05, 3.63) is 17.1 Å². The SMILES string of the molecule is COc1nc(C(C)N)nc2c1CS(=O)(=O)CC2. The predicted molar refractivity (Wildman–Crippen MR) is 62.4 cm³/mol. The first-order valence-electron chi connectivity index (χ1n) is 5.32. The van der Waals surface area contributed by atoms with Crippen LogP contribution in [0.5, 0.6) is 5.88 Å². The molecule has 1 aliphatic rings. The van der Waals surface area contributed by atoms with Gasteiger partial charge in [-0.3, -0.25) is 0 Å². The van der Waals surface area contributed by atoms with E-state index in [1.54, 1.807) is 6.92 Å². The number of aryl methyl sites for hydroxylation is 1. The largest absolute Gasteiger partial charge is 0.481 e. The zero-order chi connectivity index (χ0) is 12.6. The van der Waals surface area contributed by atoms with E-state index in [9.17, 15) is 8.42 Å². The molecule has 0 spiro atoms. The molecule has 2 rings (SSSR count). The van der Waals surface area contributed by atoms with Crippen LogP contribution < -0.4 is 10.5 Å². The van der Waals surface area contributed by atoms with Gasteiger partial charge in [0.15, 0.2) is 9.84 Å². The zero-order valence-electron chi connectivity index (χ0n) is 9.80. The zero-order valence-corrected chi connectivity index (χ0v) is 10.6. The lowest BCUT2D eigenvalue weighted by molar-refractivity contribution is 0.387. The lowest BCUT2D eigenvalue weighted by Crippen LogP contribution is -2.23. The van der Waals surface area contributed by atoms with E-state index in [2.05, 4.69) is 9.97 Å². The van der Waals surface area contributed by atoms with Gasteiger partial charge < -0.3 is 10.5 Å². The monoisotopic (exact) mass is 257 g/mol. The Morgan fingerprint density at radius 1 is 1.41 bits per heavy atom. The van der Waals surface area contributed by atoms with Gasteiger partial charge in [0.1, 0.15) is 5.82 Å². The molecule has 0 saturated heterocycles. The molecule has 0 radical (unpaired) electrons. The Hall–Kier alpha value is -1.21. The normalized spacial score (nSPS) is 19.5. The molecule has 1 aliphatic heterocycles. The fourth-order valence-electron chi connectivity index (χ4n) is 1.79. The molecule has 0 bridgehead atoms. The van der Waals surface area contributed by atoms with E-state index < -0.39 is 9.84 Å². The van der Waals surface area contributed by atoms with Gasteiger partial charge in [-0.15, -0.1) is 0 Å². The quantitative estimate of drug-likeness (QED) is 0.799. The second-order valence-corrected chi connectivity index (χ2v) is 6.33. The van der Waals surface area contributed by atoms with Gasteiger partial charge in [0.05, 0.1) is 35.9 Å². The average molecular weight is 257 g/mol. The molecule has 17 heavy (non-hydrogen) atoms. The van der Waals surface area contributed by atoms with Gasteiger partial charge in [-0.1, -0.05) is 0 Å². The first-order valence-corrected chi connectivity index (χ1v) is 7.15. The van der Waals surface area contributed by atoms with Crippen LogP contribution in [0, 0.1) is 0 Å². The van der Waals surface area contributed by atoms with E-state index in [0.717, 1.165) is 5.69 Å². The number of aromatic nitrogens is 2. The summed E-state index contributed by atoms with van der Waals surface area (Å²) in [5.74, 6) is 0.883. The summed E-state index contributed by atoms with van der Waals surface area (Å²) < 4.78 is 28.3. The molecule has 1 unspecified atom stereocenters. The highest BCUT2D eigenvalue weighted by molar-refractivity contribution is 7.90. The maximum atomic E-state index is 11.6. The van der Waals surface area contributed by atoms with Crippen molar-refractivity contribution in [1.82, 2.24) is 9.97 Å². The Balaban J connectivity index is 2.55. The van der Waals surface area contributed by atoms with Crippen LogP contribution >= 0.6 is 0 Å². The summed E-state index contributed by atoms with van der Waals surface area (Å²) in [6, 6.07) is -0.298. The predicted octanol–water partition coefficient (Wildman–Crippen LogP) is -0.0242. The number of sulfone groups is 1. The molecule has 0 saturated carbocycles. The molecule has 6 nitrogen and oxygen atoms in total. The second kappa shape index (κ2) is 4.23. The van der Waals surface area contributed by atoms with Gasteiger partial charge in [-0.25, -0.2) is 13.4 Å². The molecule has 0 aliphatic carbocycles. The van der Waals surface area contributed by atoms with Crippen molar-refractivity contribution in [2.45, 2.75) is 25.1 Å². The standard InChI is InChI=1S/C10H15N3O3S/c1-6(11)9-12-8-3-4-17(14,15)5-7(8)10(13-9)16-2/h6H,3-5,11H2,1-2H3. The van der Waals surface area contributed by atoms with E-state index in [4.69, 9.17) is 10.5 Å². The van der Waals surface area contributed by atoms with E-state index in [1.165, 1.54) is 7.11 Å². The van der Waals surface area contributed by atoms with Crippen LogP contribution in [0.2, 0.25) is 0 Å². The summed E-state index contributed by atoms with van der Waals surface area (Å²) >= 11 is 0. The van der Waals surface area contributed by atoms with Crippen LogP contribution in [0.1, 0.15) is 30.0 Å². The summed E-state index contributed by atoms with van der Waals surface area (Å²) in [5.41, 5.74) is 7.03. The minimum absolute atomic E-state index is 0.0509. The molecule has 1 aromatic heterocycles. The van der Waals surface area contributed by atoms with E-state index in [0.29, 0.717) is 23.7 Å². The molecule has 2 heterocycles. The summed E-state index contributed by atoms with van der Waals surface area (Å²) in [4.78, 5) is 8.45. The van der Waals surface area contributed by atoms with Crippen LogP contribution in [0.25, 0.3) is 0 Å². The number of ether oxygens (including phenoxy) is 1. The number of hydrogen-bond donors (Lipinski definition) is 1. The molecular weight excluding hydrogens is 242 g/mol. The fraction of sp³-hybridized carbons (Fsp3) is 0.600. The lowest BCUT2D eigenvalue weighted by Gasteiger charge is -2.19. The molecule has 1 aromatic rings. The highest BCUT2D eigenvalue weighted by Crippen LogP contribution is 2.27. The van der Waals surface area contributed by atoms with Gasteiger partial charge in [0, 0.05) is 6.42 Å². The van der Waals surface area contributed by atoms with Crippen LogP contribution in [-0.2, 0) is 22.0 Å². The Morgan fingerprint density at radius 2 is 2.12 bits per heavy atom. The van der Waals surface area contributed by atoms with Gasteiger partial charge in [-0.2, -0.15) is 4.98 Å². The molecule has 2 N–H and O–H groups in total.